The maximum absolute atomic E-state index is 13.6. The zero-order valence-electron chi connectivity index (χ0n) is 18.6. The molecule has 0 aliphatic heterocycles. The molecule has 0 spiro atoms. The molecular formula is C26H23N5O2. The van der Waals surface area contributed by atoms with Crippen molar-refractivity contribution in [3.05, 3.63) is 106 Å². The summed E-state index contributed by atoms with van der Waals surface area (Å²) in [5.74, 6) is -0.264. The maximum Gasteiger partial charge on any atom is 0.263 e. The third-order valence-corrected chi connectivity index (χ3v) is 5.93. The van der Waals surface area contributed by atoms with Crippen molar-refractivity contribution in [3.8, 4) is 5.69 Å². The Kier molecular flexibility index (Phi) is 5.01. The van der Waals surface area contributed by atoms with Crippen LogP contribution in [0.15, 0.2) is 78.0 Å². The topological polar surface area (TPSA) is 81.3 Å². The fraction of sp³-hybridized carbons (Fsp3) is 0.154. The van der Waals surface area contributed by atoms with E-state index in [-0.39, 0.29) is 11.5 Å². The number of aromatic nitrogens is 4. The van der Waals surface area contributed by atoms with E-state index in [1.807, 2.05) is 68.4 Å². The number of nitrogens with one attached hydrogen (secondary N) is 1. The Morgan fingerprint density at radius 1 is 1.06 bits per heavy atom. The molecule has 1 N–H and O–H groups in total. The van der Waals surface area contributed by atoms with Crippen LogP contribution >= 0.6 is 0 Å². The van der Waals surface area contributed by atoms with Crippen LogP contribution in [-0.2, 0) is 0 Å². The SMILES string of the molecule is Cc1nn2ccncc2c1C(=O)N[C@@H](C)c1cc2cccc(C)c2c(=O)n1-c1ccccc1. The van der Waals surface area contributed by atoms with E-state index in [9.17, 15) is 9.59 Å². The van der Waals surface area contributed by atoms with E-state index in [1.54, 1.807) is 34.6 Å². The number of aryl methyl sites for hydroxylation is 2. The smallest absolute Gasteiger partial charge is 0.263 e. The Balaban J connectivity index is 1.64. The van der Waals surface area contributed by atoms with E-state index >= 15 is 0 Å². The van der Waals surface area contributed by atoms with E-state index in [4.69, 9.17) is 0 Å². The minimum Gasteiger partial charge on any atom is -0.344 e. The number of carbonyl (C=O) groups excluding carboxylic acids is 1. The summed E-state index contributed by atoms with van der Waals surface area (Å²) in [4.78, 5) is 31.1. The second-order valence-electron chi connectivity index (χ2n) is 8.15. The first-order chi connectivity index (χ1) is 16.0. The first kappa shape index (κ1) is 20.6. The van der Waals surface area contributed by atoms with Crippen molar-refractivity contribution in [2.24, 2.45) is 0 Å². The average molecular weight is 438 g/mol. The number of hydrogen-bond donors (Lipinski definition) is 1. The Morgan fingerprint density at radius 2 is 1.85 bits per heavy atom. The second-order valence-corrected chi connectivity index (χ2v) is 8.15. The molecule has 1 atom stereocenters. The van der Waals surface area contributed by atoms with Gasteiger partial charge in [0.1, 0.15) is 0 Å². The van der Waals surface area contributed by atoms with Gasteiger partial charge in [-0.25, -0.2) is 4.52 Å². The standard InChI is InChI=1S/C26H23N5O2/c1-16-8-7-9-19-14-21(31(26(33)23(16)19)20-10-5-4-6-11-20)17(2)28-25(32)24-18(3)29-30-13-12-27-15-22(24)30/h4-15,17H,1-3H3,(H,28,32)/t17-/m0/s1. The fourth-order valence-corrected chi connectivity index (χ4v) is 4.36. The van der Waals surface area contributed by atoms with Gasteiger partial charge in [-0.1, -0.05) is 36.4 Å². The molecular weight excluding hydrogens is 414 g/mol. The van der Waals surface area contributed by atoms with Crippen LogP contribution in [0.4, 0.5) is 0 Å². The van der Waals surface area contributed by atoms with Gasteiger partial charge in [0.05, 0.1) is 34.4 Å². The van der Waals surface area contributed by atoms with Gasteiger partial charge in [0, 0.05) is 23.8 Å². The summed E-state index contributed by atoms with van der Waals surface area (Å²) in [5, 5.41) is 8.99. The van der Waals surface area contributed by atoms with Crippen LogP contribution in [-0.4, -0.2) is 25.1 Å². The van der Waals surface area contributed by atoms with Crippen molar-refractivity contribution in [1.29, 1.82) is 0 Å². The van der Waals surface area contributed by atoms with Gasteiger partial charge in [-0.3, -0.25) is 19.1 Å². The number of pyridine rings is 1. The third kappa shape index (κ3) is 3.47. The van der Waals surface area contributed by atoms with Crippen LogP contribution in [0.25, 0.3) is 22.0 Å². The predicted molar refractivity (Wildman–Crippen MR) is 128 cm³/mol. The largest absolute Gasteiger partial charge is 0.344 e. The number of amides is 1. The molecule has 0 saturated heterocycles. The quantitative estimate of drug-likeness (QED) is 0.458. The highest BCUT2D eigenvalue weighted by molar-refractivity contribution is 6.02. The lowest BCUT2D eigenvalue weighted by Crippen LogP contribution is -2.32. The highest BCUT2D eigenvalue weighted by Crippen LogP contribution is 2.24. The summed E-state index contributed by atoms with van der Waals surface area (Å²) in [7, 11) is 0. The van der Waals surface area contributed by atoms with Gasteiger partial charge in [-0.15, -0.1) is 0 Å². The van der Waals surface area contributed by atoms with Crippen LogP contribution in [0.2, 0.25) is 0 Å². The molecule has 0 aliphatic carbocycles. The van der Waals surface area contributed by atoms with Gasteiger partial charge in [0.15, 0.2) is 0 Å². The molecule has 0 fully saturated rings. The van der Waals surface area contributed by atoms with Crippen molar-refractivity contribution in [3.63, 3.8) is 0 Å². The van der Waals surface area contributed by atoms with E-state index < -0.39 is 6.04 Å². The number of fused-ring (bicyclic) bond motifs is 2. The van der Waals surface area contributed by atoms with Gasteiger partial charge < -0.3 is 5.32 Å². The molecule has 0 aliphatic rings. The summed E-state index contributed by atoms with van der Waals surface area (Å²) < 4.78 is 3.32. The predicted octanol–water partition coefficient (Wildman–Crippen LogP) is 4.14. The van der Waals surface area contributed by atoms with Gasteiger partial charge in [0.2, 0.25) is 0 Å². The van der Waals surface area contributed by atoms with E-state index in [2.05, 4.69) is 15.4 Å². The fourth-order valence-electron chi connectivity index (χ4n) is 4.36. The summed E-state index contributed by atoms with van der Waals surface area (Å²) >= 11 is 0. The van der Waals surface area contributed by atoms with Crippen LogP contribution < -0.4 is 10.9 Å². The molecule has 164 valence electrons. The molecule has 0 saturated carbocycles. The first-order valence-electron chi connectivity index (χ1n) is 10.8. The zero-order chi connectivity index (χ0) is 23.1. The minimum absolute atomic E-state index is 0.107. The average Bonchev–Trinajstić information content (AvgIpc) is 3.15. The molecule has 5 rings (SSSR count). The Hall–Kier alpha value is -4.26. The van der Waals surface area contributed by atoms with Crippen molar-refractivity contribution in [2.45, 2.75) is 26.8 Å². The van der Waals surface area contributed by atoms with E-state index in [1.165, 1.54) is 0 Å². The lowest BCUT2D eigenvalue weighted by molar-refractivity contribution is 0.0939. The van der Waals surface area contributed by atoms with Crippen LogP contribution in [0.5, 0.6) is 0 Å². The van der Waals surface area contributed by atoms with Gasteiger partial charge in [-0.2, -0.15) is 5.10 Å². The molecule has 3 aromatic heterocycles. The summed E-state index contributed by atoms with van der Waals surface area (Å²) in [6.45, 7) is 5.62. The van der Waals surface area contributed by atoms with E-state index in [0.29, 0.717) is 27.9 Å². The number of nitrogens with zero attached hydrogens (tertiary/aromatic N) is 4. The van der Waals surface area contributed by atoms with Crippen LogP contribution in [0.1, 0.15) is 40.3 Å². The Morgan fingerprint density at radius 3 is 2.64 bits per heavy atom. The lowest BCUT2D eigenvalue weighted by atomic mass is 10.0. The summed E-state index contributed by atoms with van der Waals surface area (Å²) in [5.41, 5.74) is 3.98. The first-order valence-corrected chi connectivity index (χ1v) is 10.8. The number of hydrogen-bond acceptors (Lipinski definition) is 4. The second kappa shape index (κ2) is 8.02. The number of carbonyl (C=O) groups is 1. The van der Waals surface area contributed by atoms with Gasteiger partial charge in [0.25, 0.3) is 11.5 Å². The summed E-state index contributed by atoms with van der Waals surface area (Å²) in [6.07, 6.45) is 4.96. The minimum atomic E-state index is -0.443. The highest BCUT2D eigenvalue weighted by atomic mass is 16.2. The normalized spacial score (nSPS) is 12.2. The van der Waals surface area contributed by atoms with Crippen molar-refractivity contribution >= 4 is 22.2 Å². The number of rotatable bonds is 4. The molecule has 5 aromatic rings. The molecule has 33 heavy (non-hydrogen) atoms. The maximum atomic E-state index is 13.6. The molecule has 0 bridgehead atoms. The zero-order valence-corrected chi connectivity index (χ0v) is 18.6. The van der Waals surface area contributed by atoms with Gasteiger partial charge in [-0.05, 0) is 49.9 Å². The van der Waals surface area contributed by atoms with Crippen molar-refractivity contribution in [1.82, 2.24) is 24.5 Å². The number of para-hydroxylation sites is 1. The molecule has 0 radical (unpaired) electrons. The third-order valence-electron chi connectivity index (χ3n) is 5.93. The van der Waals surface area contributed by atoms with E-state index in [0.717, 1.165) is 16.6 Å². The van der Waals surface area contributed by atoms with Crippen molar-refractivity contribution in [2.75, 3.05) is 0 Å². The van der Waals surface area contributed by atoms with Crippen LogP contribution in [0, 0.1) is 13.8 Å². The highest BCUT2D eigenvalue weighted by Gasteiger charge is 2.22. The molecule has 7 nitrogen and oxygen atoms in total. The molecule has 1 amide bonds. The van der Waals surface area contributed by atoms with Crippen molar-refractivity contribution < 1.29 is 4.79 Å². The number of benzene rings is 2. The van der Waals surface area contributed by atoms with Crippen LogP contribution in [0.3, 0.4) is 0 Å². The lowest BCUT2D eigenvalue weighted by Gasteiger charge is -2.21. The molecule has 3 heterocycles. The summed E-state index contributed by atoms with van der Waals surface area (Å²) in [6, 6.07) is 16.8. The Labute approximate surface area is 190 Å². The molecule has 7 heteroatoms. The Bertz CT molecular complexity index is 1570. The molecule has 0 unspecified atom stereocenters. The monoisotopic (exact) mass is 437 g/mol. The molecule has 2 aromatic carbocycles. The van der Waals surface area contributed by atoms with Gasteiger partial charge >= 0.3 is 0 Å².